The molecule has 0 aromatic heterocycles. The molecule has 0 radical (unpaired) electrons. The maximum atomic E-state index is 12.9. The van der Waals surface area contributed by atoms with Gasteiger partial charge in [0.2, 0.25) is 11.8 Å². The highest BCUT2D eigenvalue weighted by Crippen LogP contribution is 2.65. The highest BCUT2D eigenvalue weighted by atomic mass is 35.5. The third-order valence-electron chi connectivity index (χ3n) is 5.81. The number of hydrogen-bond donors (Lipinski definition) is 0. The number of nitrogens with zero attached hydrogens (tertiary/aromatic N) is 1. The number of anilines is 1. The maximum Gasteiger partial charge on any atom is 0.238 e. The van der Waals surface area contributed by atoms with Crippen molar-refractivity contribution in [3.63, 3.8) is 0 Å². The second kappa shape index (κ2) is 4.15. The van der Waals surface area contributed by atoms with Gasteiger partial charge in [-0.2, -0.15) is 0 Å². The van der Waals surface area contributed by atoms with Crippen LogP contribution in [0.5, 0.6) is 0 Å². The van der Waals surface area contributed by atoms with Crippen molar-refractivity contribution >= 4 is 40.7 Å². The van der Waals surface area contributed by atoms with Gasteiger partial charge >= 0.3 is 0 Å². The van der Waals surface area contributed by atoms with Gasteiger partial charge in [0.1, 0.15) is 0 Å². The number of carbonyl (C=O) groups is 2. The van der Waals surface area contributed by atoms with E-state index in [1.54, 1.807) is 18.2 Å². The van der Waals surface area contributed by atoms with Crippen molar-refractivity contribution in [2.45, 2.75) is 6.42 Å². The zero-order valence-electron chi connectivity index (χ0n) is 11.6. The molecule has 3 fully saturated rings. The lowest BCUT2D eigenvalue weighted by molar-refractivity contribution is -0.124. The Morgan fingerprint density at radius 2 is 1.55 bits per heavy atom. The quantitative estimate of drug-likeness (QED) is 0.582. The van der Waals surface area contributed by atoms with Crippen molar-refractivity contribution in [3.05, 3.63) is 40.4 Å². The minimum Gasteiger partial charge on any atom is -0.274 e. The zero-order chi connectivity index (χ0) is 15.2. The van der Waals surface area contributed by atoms with E-state index in [1.165, 1.54) is 4.90 Å². The van der Waals surface area contributed by atoms with E-state index in [2.05, 4.69) is 12.2 Å². The van der Waals surface area contributed by atoms with Crippen molar-refractivity contribution in [3.8, 4) is 0 Å². The molecule has 0 N–H and O–H groups in total. The summed E-state index contributed by atoms with van der Waals surface area (Å²) < 4.78 is 0. The largest absolute Gasteiger partial charge is 0.274 e. The Bertz CT molecular complexity index is 723. The van der Waals surface area contributed by atoms with Crippen molar-refractivity contribution in [1.82, 2.24) is 0 Å². The van der Waals surface area contributed by atoms with E-state index < -0.39 is 0 Å². The zero-order valence-corrected chi connectivity index (χ0v) is 13.1. The first-order valence-electron chi connectivity index (χ1n) is 7.59. The topological polar surface area (TPSA) is 37.4 Å². The van der Waals surface area contributed by atoms with E-state index in [4.69, 9.17) is 23.2 Å². The summed E-state index contributed by atoms with van der Waals surface area (Å²) in [5.41, 5.74) is 0.462. The highest BCUT2D eigenvalue weighted by molar-refractivity contribution is 6.38. The van der Waals surface area contributed by atoms with Gasteiger partial charge in [-0.1, -0.05) is 35.4 Å². The molecule has 3 nitrogen and oxygen atoms in total. The standard InChI is InChI=1S/C17H13Cl2NO2/c18-7-1-4-13(12(19)5-7)20-16(21)14-8-2-3-9(11-6-10(8)11)15(14)17(20)22/h1-5,8-11,14-15H,6H2/t8-,9-,10-,11-,14+,15+/m1/s1. The number of hydrogen-bond acceptors (Lipinski definition) is 2. The Kier molecular flexibility index (Phi) is 2.48. The predicted molar refractivity (Wildman–Crippen MR) is 83.7 cm³/mol. The molecule has 4 aliphatic carbocycles. The van der Waals surface area contributed by atoms with E-state index >= 15 is 0 Å². The lowest BCUT2D eigenvalue weighted by Gasteiger charge is -2.37. The van der Waals surface area contributed by atoms with Gasteiger partial charge in [0, 0.05) is 5.02 Å². The number of imide groups is 1. The highest BCUT2D eigenvalue weighted by Gasteiger charge is 2.67. The van der Waals surface area contributed by atoms with Gasteiger partial charge < -0.3 is 0 Å². The summed E-state index contributed by atoms with van der Waals surface area (Å²) in [4.78, 5) is 27.1. The first kappa shape index (κ1) is 13.1. The van der Waals surface area contributed by atoms with Gasteiger partial charge in [0.25, 0.3) is 0 Å². The van der Waals surface area contributed by atoms with Crippen LogP contribution in [-0.4, -0.2) is 11.8 Å². The fourth-order valence-corrected chi connectivity index (χ4v) is 5.35. The normalized spacial score (nSPS) is 40.9. The molecule has 1 aliphatic heterocycles. The molecule has 5 aliphatic rings. The number of allylic oxidation sites excluding steroid dienone is 2. The van der Waals surface area contributed by atoms with Crippen LogP contribution in [-0.2, 0) is 9.59 Å². The van der Waals surface area contributed by atoms with Gasteiger partial charge in [-0.05, 0) is 48.3 Å². The molecule has 112 valence electrons. The molecule has 1 heterocycles. The average Bonchev–Trinajstić information content (AvgIpc) is 3.26. The summed E-state index contributed by atoms with van der Waals surface area (Å²) in [6.45, 7) is 0. The second-order valence-corrected chi connectivity index (χ2v) is 7.61. The smallest absolute Gasteiger partial charge is 0.238 e. The van der Waals surface area contributed by atoms with E-state index in [0.717, 1.165) is 6.42 Å². The Morgan fingerprint density at radius 3 is 2.09 bits per heavy atom. The van der Waals surface area contributed by atoms with Crippen molar-refractivity contribution in [2.75, 3.05) is 4.90 Å². The molecule has 1 saturated heterocycles. The molecule has 6 atom stereocenters. The van der Waals surface area contributed by atoms with Crippen molar-refractivity contribution < 1.29 is 9.59 Å². The number of benzene rings is 1. The van der Waals surface area contributed by atoms with Crippen LogP contribution >= 0.6 is 23.2 Å². The monoisotopic (exact) mass is 333 g/mol. The lowest BCUT2D eigenvalue weighted by Crippen LogP contribution is -2.40. The molecule has 22 heavy (non-hydrogen) atoms. The van der Waals surface area contributed by atoms with Crippen molar-refractivity contribution in [1.29, 1.82) is 0 Å². The predicted octanol–water partition coefficient (Wildman–Crippen LogP) is 3.55. The summed E-state index contributed by atoms with van der Waals surface area (Å²) in [5, 5.41) is 0.839. The molecule has 0 unspecified atom stereocenters. The average molecular weight is 334 g/mol. The minimum absolute atomic E-state index is 0.0936. The van der Waals surface area contributed by atoms with Gasteiger partial charge in [-0.15, -0.1) is 0 Å². The van der Waals surface area contributed by atoms with Gasteiger partial charge in [-0.25, -0.2) is 4.90 Å². The SMILES string of the molecule is O=C1[C@H]2[C@@H]3C=C[C@H]([C@H]4C[C@H]34)[C@@H]2C(=O)N1c1ccc(Cl)cc1Cl. The van der Waals surface area contributed by atoms with Gasteiger partial charge in [-0.3, -0.25) is 9.59 Å². The van der Waals surface area contributed by atoms with Crippen LogP contribution in [0.2, 0.25) is 10.0 Å². The van der Waals surface area contributed by atoms with E-state index in [9.17, 15) is 9.59 Å². The number of carbonyl (C=O) groups excluding carboxylic acids is 2. The van der Waals surface area contributed by atoms with Crippen LogP contribution in [0.25, 0.3) is 0 Å². The van der Waals surface area contributed by atoms with Crippen LogP contribution < -0.4 is 4.90 Å². The summed E-state index contributed by atoms with van der Waals surface area (Å²) >= 11 is 12.1. The van der Waals surface area contributed by atoms with Crippen LogP contribution in [0.1, 0.15) is 6.42 Å². The first-order chi connectivity index (χ1) is 10.6. The summed E-state index contributed by atoms with van der Waals surface area (Å²) in [5.74, 6) is 1.09. The third-order valence-corrected chi connectivity index (χ3v) is 6.35. The Hall–Kier alpha value is -1.32. The molecule has 2 saturated carbocycles. The second-order valence-electron chi connectivity index (χ2n) is 6.76. The minimum atomic E-state index is -0.196. The van der Waals surface area contributed by atoms with E-state index in [0.29, 0.717) is 27.6 Å². The van der Waals surface area contributed by atoms with Gasteiger partial charge in [0.15, 0.2) is 0 Å². The molecule has 6 rings (SSSR count). The Balaban J connectivity index is 1.60. The molecule has 0 spiro atoms. The maximum absolute atomic E-state index is 12.9. The van der Waals surface area contributed by atoms with Crippen LogP contribution in [0.3, 0.4) is 0 Å². The van der Waals surface area contributed by atoms with E-state index in [1.807, 2.05) is 0 Å². The summed E-state index contributed by atoms with van der Waals surface area (Å²) in [6.07, 6.45) is 5.49. The lowest BCUT2D eigenvalue weighted by atomic mass is 9.63. The molecule has 2 bridgehead atoms. The molecule has 1 aromatic rings. The van der Waals surface area contributed by atoms with Crippen LogP contribution in [0.4, 0.5) is 5.69 Å². The van der Waals surface area contributed by atoms with Gasteiger partial charge in [0.05, 0.1) is 22.5 Å². The number of amides is 2. The number of halogens is 2. The third kappa shape index (κ3) is 1.49. The number of rotatable bonds is 1. The fourth-order valence-electron chi connectivity index (χ4n) is 4.86. The summed E-state index contributed by atoms with van der Waals surface area (Å²) in [7, 11) is 0. The van der Waals surface area contributed by atoms with E-state index in [-0.39, 0.29) is 35.5 Å². The molecule has 2 amide bonds. The van der Waals surface area contributed by atoms with Crippen LogP contribution in [0.15, 0.2) is 30.4 Å². The van der Waals surface area contributed by atoms with Crippen molar-refractivity contribution in [2.24, 2.45) is 35.5 Å². The van der Waals surface area contributed by atoms with Crippen LogP contribution in [0, 0.1) is 35.5 Å². The Labute approximate surface area is 137 Å². The molecular weight excluding hydrogens is 321 g/mol. The molecule has 1 aromatic carbocycles. The fraction of sp³-hybridized carbons (Fsp3) is 0.412. The molecule has 5 heteroatoms. The molecular formula is C17H13Cl2NO2. The summed E-state index contributed by atoms with van der Waals surface area (Å²) in [6, 6.07) is 4.90. The Morgan fingerprint density at radius 1 is 0.955 bits per heavy atom. The first-order valence-corrected chi connectivity index (χ1v) is 8.34.